The molecular formula is C15H11NO2. The molecule has 0 bridgehead atoms. The van der Waals surface area contributed by atoms with Crippen molar-refractivity contribution in [1.82, 2.24) is 0 Å². The molecular weight excluding hydrogens is 226 g/mol. The molecule has 88 valence electrons. The summed E-state index contributed by atoms with van der Waals surface area (Å²) in [6.07, 6.45) is 0. The molecule has 0 aliphatic carbocycles. The molecule has 0 fully saturated rings. The Morgan fingerprint density at radius 1 is 1.06 bits per heavy atom. The van der Waals surface area contributed by atoms with Gasteiger partial charge in [-0.05, 0) is 30.7 Å². The van der Waals surface area contributed by atoms with Crippen LogP contribution >= 0.6 is 0 Å². The highest BCUT2D eigenvalue weighted by Gasteiger charge is 2.36. The van der Waals surface area contributed by atoms with Crippen molar-refractivity contribution in [2.45, 2.75) is 6.92 Å². The third kappa shape index (κ3) is 1.44. The normalized spacial score (nSPS) is 13.9. The largest absolute Gasteiger partial charge is 0.618 e. The molecule has 1 aliphatic rings. The molecule has 0 unspecified atom stereocenters. The Balaban J connectivity index is 2.22. The number of fused-ring (bicyclic) bond motifs is 1. The Morgan fingerprint density at radius 2 is 1.78 bits per heavy atom. The molecule has 2 aromatic carbocycles. The van der Waals surface area contributed by atoms with Gasteiger partial charge in [-0.15, -0.1) is 0 Å². The maximum Gasteiger partial charge on any atom is 0.272 e. The van der Waals surface area contributed by atoms with Crippen molar-refractivity contribution in [2.75, 3.05) is 0 Å². The Bertz CT molecular complexity index is 672. The van der Waals surface area contributed by atoms with Crippen molar-refractivity contribution >= 4 is 17.2 Å². The number of benzene rings is 2. The summed E-state index contributed by atoms with van der Waals surface area (Å²) in [6, 6.07) is 14.3. The lowest BCUT2D eigenvalue weighted by Gasteiger charge is -2.02. The molecule has 0 N–H and O–H groups in total. The van der Waals surface area contributed by atoms with Crippen molar-refractivity contribution in [3.63, 3.8) is 0 Å². The van der Waals surface area contributed by atoms with Crippen LogP contribution in [-0.4, -0.2) is 16.2 Å². The van der Waals surface area contributed by atoms with E-state index in [-0.39, 0.29) is 11.5 Å². The first kappa shape index (κ1) is 10.7. The van der Waals surface area contributed by atoms with Gasteiger partial charge in [-0.25, -0.2) is 0 Å². The maximum atomic E-state index is 12.2. The molecule has 1 heterocycles. The third-order valence-electron chi connectivity index (χ3n) is 3.08. The fourth-order valence-corrected chi connectivity index (χ4v) is 2.19. The number of Topliss-reactive ketones (excluding diaryl/α,β-unsaturated/α-hetero) is 1. The van der Waals surface area contributed by atoms with E-state index >= 15 is 0 Å². The summed E-state index contributed by atoms with van der Waals surface area (Å²) < 4.78 is 0.736. The van der Waals surface area contributed by atoms with E-state index in [9.17, 15) is 10.0 Å². The average Bonchev–Trinajstić information content (AvgIpc) is 2.63. The first-order valence-electron chi connectivity index (χ1n) is 5.73. The van der Waals surface area contributed by atoms with E-state index < -0.39 is 0 Å². The summed E-state index contributed by atoms with van der Waals surface area (Å²) in [7, 11) is 0. The van der Waals surface area contributed by atoms with Crippen LogP contribution in [-0.2, 0) is 0 Å². The zero-order valence-corrected chi connectivity index (χ0v) is 9.88. The number of carbonyl (C=O) groups is 1. The van der Waals surface area contributed by atoms with Crippen molar-refractivity contribution in [3.05, 3.63) is 70.4 Å². The zero-order valence-electron chi connectivity index (χ0n) is 9.88. The minimum absolute atomic E-state index is 0.203. The standard InChI is InChI=1S/C15H11NO2/c1-10-7-8-12-13(9-10)16(18)14(15(12)17)11-5-3-2-4-6-11/h2-9H,1H3. The highest BCUT2D eigenvalue weighted by Crippen LogP contribution is 2.28. The summed E-state index contributed by atoms with van der Waals surface area (Å²) in [5.74, 6) is -0.203. The lowest BCUT2D eigenvalue weighted by atomic mass is 10.0. The molecule has 0 saturated carbocycles. The van der Waals surface area contributed by atoms with Crippen LogP contribution in [0, 0.1) is 12.1 Å². The Labute approximate surface area is 105 Å². The summed E-state index contributed by atoms with van der Waals surface area (Å²) in [5.41, 5.74) is 2.76. The molecule has 0 aromatic heterocycles. The van der Waals surface area contributed by atoms with E-state index in [1.807, 2.05) is 31.2 Å². The van der Waals surface area contributed by atoms with Crippen LogP contribution in [0.15, 0.2) is 48.5 Å². The minimum Gasteiger partial charge on any atom is -0.618 e. The van der Waals surface area contributed by atoms with E-state index in [1.54, 1.807) is 24.3 Å². The number of aryl methyl sites for hydroxylation is 1. The molecule has 0 saturated heterocycles. The minimum atomic E-state index is -0.203. The van der Waals surface area contributed by atoms with Crippen LogP contribution < -0.4 is 0 Å². The van der Waals surface area contributed by atoms with Gasteiger partial charge >= 0.3 is 0 Å². The molecule has 3 heteroatoms. The Kier molecular flexibility index (Phi) is 2.27. The van der Waals surface area contributed by atoms with Gasteiger partial charge in [-0.2, -0.15) is 4.74 Å². The third-order valence-corrected chi connectivity index (χ3v) is 3.08. The van der Waals surface area contributed by atoms with Gasteiger partial charge in [0.15, 0.2) is 0 Å². The Hall–Kier alpha value is -2.42. The second-order valence-corrected chi connectivity index (χ2v) is 4.36. The monoisotopic (exact) mass is 237 g/mol. The quantitative estimate of drug-likeness (QED) is 0.565. The fraction of sp³-hybridized carbons (Fsp3) is 0.0667. The van der Waals surface area contributed by atoms with Gasteiger partial charge in [0.1, 0.15) is 5.56 Å². The van der Waals surface area contributed by atoms with Gasteiger partial charge < -0.3 is 5.21 Å². The summed E-state index contributed by atoms with van der Waals surface area (Å²) in [6.45, 7) is 1.90. The lowest BCUT2D eigenvalue weighted by molar-refractivity contribution is -0.355. The van der Waals surface area contributed by atoms with Crippen LogP contribution in [0.3, 0.4) is 0 Å². The van der Waals surface area contributed by atoms with Crippen LogP contribution in [0.5, 0.6) is 0 Å². The molecule has 0 amide bonds. The number of hydrogen-bond donors (Lipinski definition) is 0. The van der Waals surface area contributed by atoms with E-state index in [1.165, 1.54) is 0 Å². The van der Waals surface area contributed by atoms with Gasteiger partial charge in [0.05, 0.1) is 5.56 Å². The topological polar surface area (TPSA) is 43.1 Å². The highest BCUT2D eigenvalue weighted by atomic mass is 16.5. The van der Waals surface area contributed by atoms with Crippen LogP contribution in [0.2, 0.25) is 0 Å². The smallest absolute Gasteiger partial charge is 0.272 e. The summed E-state index contributed by atoms with van der Waals surface area (Å²) >= 11 is 0. The number of hydrogen-bond acceptors (Lipinski definition) is 2. The molecule has 2 aromatic rings. The predicted octanol–water partition coefficient (Wildman–Crippen LogP) is 2.82. The molecule has 3 nitrogen and oxygen atoms in total. The van der Waals surface area contributed by atoms with E-state index in [0.717, 1.165) is 10.3 Å². The first-order chi connectivity index (χ1) is 8.68. The van der Waals surface area contributed by atoms with Gasteiger partial charge in [-0.3, -0.25) is 4.79 Å². The highest BCUT2D eigenvalue weighted by molar-refractivity contribution is 6.52. The average molecular weight is 237 g/mol. The summed E-state index contributed by atoms with van der Waals surface area (Å²) in [5, 5.41) is 12.2. The molecule has 3 rings (SSSR count). The van der Waals surface area contributed by atoms with Crippen molar-refractivity contribution in [1.29, 1.82) is 0 Å². The van der Waals surface area contributed by atoms with Crippen LogP contribution in [0.1, 0.15) is 21.5 Å². The predicted molar refractivity (Wildman–Crippen MR) is 69.3 cm³/mol. The summed E-state index contributed by atoms with van der Waals surface area (Å²) in [4.78, 5) is 12.2. The molecule has 18 heavy (non-hydrogen) atoms. The van der Waals surface area contributed by atoms with Gasteiger partial charge in [0.2, 0.25) is 5.69 Å². The second kappa shape index (κ2) is 3.81. The van der Waals surface area contributed by atoms with Gasteiger partial charge in [0, 0.05) is 6.07 Å². The zero-order chi connectivity index (χ0) is 12.7. The van der Waals surface area contributed by atoms with Crippen molar-refractivity contribution in [2.24, 2.45) is 0 Å². The lowest BCUT2D eigenvalue weighted by Crippen LogP contribution is -2.16. The number of rotatable bonds is 1. The van der Waals surface area contributed by atoms with Crippen molar-refractivity contribution < 1.29 is 9.53 Å². The molecule has 0 radical (unpaired) electrons. The first-order valence-corrected chi connectivity index (χ1v) is 5.73. The molecule has 0 spiro atoms. The van der Waals surface area contributed by atoms with E-state index in [2.05, 4.69) is 0 Å². The fourth-order valence-electron chi connectivity index (χ4n) is 2.19. The molecule has 0 atom stereocenters. The SMILES string of the molecule is Cc1ccc2c(c1)[N+]([O-])=C(c1ccccc1)C2=O. The number of ketones is 1. The number of carbonyl (C=O) groups excluding carboxylic acids is 1. The van der Waals surface area contributed by atoms with Crippen molar-refractivity contribution in [3.8, 4) is 0 Å². The Morgan fingerprint density at radius 3 is 2.50 bits per heavy atom. The van der Waals surface area contributed by atoms with E-state index in [4.69, 9.17) is 0 Å². The van der Waals surface area contributed by atoms with Crippen LogP contribution in [0.25, 0.3) is 0 Å². The van der Waals surface area contributed by atoms with Crippen LogP contribution in [0.4, 0.5) is 5.69 Å². The second-order valence-electron chi connectivity index (χ2n) is 4.36. The maximum absolute atomic E-state index is 12.2. The van der Waals surface area contributed by atoms with Gasteiger partial charge in [0.25, 0.3) is 11.5 Å². The molecule has 1 aliphatic heterocycles. The number of nitrogens with zero attached hydrogens (tertiary/aromatic N) is 1. The van der Waals surface area contributed by atoms with Gasteiger partial charge in [-0.1, -0.05) is 24.3 Å². The van der Waals surface area contributed by atoms with E-state index in [0.29, 0.717) is 16.8 Å².